The van der Waals surface area contributed by atoms with Crippen LogP contribution in [-0.2, 0) is 15.8 Å². The summed E-state index contributed by atoms with van der Waals surface area (Å²) in [5, 5.41) is 12.7. The van der Waals surface area contributed by atoms with E-state index in [9.17, 15) is 8.42 Å². The molecule has 2 rings (SSSR count). The molecule has 1 aliphatic rings. The standard InChI is InChI=1S/C12H11N3O2S/c13-9-12-7-4-8-14-15(12)18(16,17)10-11-5-2-1-3-6-11/h1-8,12H,10H2. The lowest BCUT2D eigenvalue weighted by Crippen LogP contribution is -2.36. The van der Waals surface area contributed by atoms with E-state index in [0.717, 1.165) is 4.41 Å². The molecule has 1 unspecified atom stereocenters. The van der Waals surface area contributed by atoms with Crippen LogP contribution in [-0.4, -0.2) is 25.1 Å². The highest BCUT2D eigenvalue weighted by Gasteiger charge is 2.28. The smallest absolute Gasteiger partial charge is 0.205 e. The Kier molecular flexibility index (Phi) is 3.44. The molecule has 0 bridgehead atoms. The van der Waals surface area contributed by atoms with Crippen molar-refractivity contribution in [3.63, 3.8) is 0 Å². The van der Waals surface area contributed by atoms with Gasteiger partial charge in [0.2, 0.25) is 0 Å². The zero-order chi connectivity index (χ0) is 13.0. The lowest BCUT2D eigenvalue weighted by Gasteiger charge is -2.23. The first-order chi connectivity index (χ1) is 8.63. The maximum atomic E-state index is 12.2. The lowest BCUT2D eigenvalue weighted by atomic mass is 10.2. The van der Waals surface area contributed by atoms with Crippen molar-refractivity contribution in [1.29, 1.82) is 5.26 Å². The number of hydrogen-bond donors (Lipinski definition) is 0. The van der Waals surface area contributed by atoms with Crippen LogP contribution in [0.2, 0.25) is 0 Å². The molecule has 0 aliphatic carbocycles. The quantitative estimate of drug-likeness (QED) is 0.822. The predicted molar refractivity (Wildman–Crippen MR) is 67.9 cm³/mol. The highest BCUT2D eigenvalue weighted by atomic mass is 32.2. The SMILES string of the molecule is N#CC1C=CC=NN1S(=O)(=O)Cc1ccccc1. The van der Waals surface area contributed by atoms with Crippen molar-refractivity contribution < 1.29 is 8.42 Å². The van der Waals surface area contributed by atoms with E-state index in [-0.39, 0.29) is 5.75 Å². The Labute approximate surface area is 106 Å². The molecule has 0 saturated carbocycles. The summed E-state index contributed by atoms with van der Waals surface area (Å²) >= 11 is 0. The first-order valence-electron chi connectivity index (χ1n) is 5.30. The molecule has 1 atom stereocenters. The van der Waals surface area contributed by atoms with Crippen LogP contribution < -0.4 is 0 Å². The summed E-state index contributed by atoms with van der Waals surface area (Å²) in [7, 11) is -3.64. The van der Waals surface area contributed by atoms with E-state index in [2.05, 4.69) is 5.10 Å². The molecule has 1 heterocycles. The molecule has 92 valence electrons. The number of benzene rings is 1. The predicted octanol–water partition coefficient (Wildman–Crippen LogP) is 1.27. The maximum Gasteiger partial charge on any atom is 0.255 e. The minimum Gasteiger partial charge on any atom is -0.205 e. The maximum absolute atomic E-state index is 12.2. The van der Waals surface area contributed by atoms with Crippen LogP contribution in [0.15, 0.2) is 47.6 Å². The van der Waals surface area contributed by atoms with Gasteiger partial charge in [-0.1, -0.05) is 30.3 Å². The van der Waals surface area contributed by atoms with Crippen LogP contribution in [0, 0.1) is 11.3 Å². The fourth-order valence-corrected chi connectivity index (χ4v) is 3.00. The zero-order valence-electron chi connectivity index (χ0n) is 9.47. The third-order valence-electron chi connectivity index (χ3n) is 2.41. The molecule has 0 N–H and O–H groups in total. The molecule has 0 amide bonds. The van der Waals surface area contributed by atoms with Gasteiger partial charge in [0.05, 0.1) is 11.8 Å². The van der Waals surface area contributed by atoms with Gasteiger partial charge in [-0.15, -0.1) is 0 Å². The van der Waals surface area contributed by atoms with E-state index in [1.54, 1.807) is 30.3 Å². The molecule has 0 spiro atoms. The lowest BCUT2D eigenvalue weighted by molar-refractivity contribution is 0.420. The van der Waals surface area contributed by atoms with Crippen molar-refractivity contribution in [1.82, 2.24) is 4.41 Å². The third kappa shape index (κ3) is 2.57. The third-order valence-corrected chi connectivity index (χ3v) is 4.00. The van der Waals surface area contributed by atoms with Gasteiger partial charge in [0.25, 0.3) is 10.0 Å². The van der Waals surface area contributed by atoms with E-state index in [4.69, 9.17) is 5.26 Å². The molecule has 1 aromatic carbocycles. The summed E-state index contributed by atoms with van der Waals surface area (Å²) in [5.41, 5.74) is 0.666. The number of sulfonamides is 1. The van der Waals surface area contributed by atoms with Gasteiger partial charge in [0.1, 0.15) is 0 Å². The Hall–Kier alpha value is -2.13. The number of hydrogen-bond acceptors (Lipinski definition) is 4. The summed E-state index contributed by atoms with van der Waals surface area (Å²) in [6, 6.07) is 9.82. The van der Waals surface area contributed by atoms with Crippen molar-refractivity contribution in [2.24, 2.45) is 5.10 Å². The largest absolute Gasteiger partial charge is 0.255 e. The number of nitrogens with zero attached hydrogens (tertiary/aromatic N) is 3. The monoisotopic (exact) mass is 261 g/mol. The highest BCUT2D eigenvalue weighted by Crippen LogP contribution is 2.16. The Morgan fingerprint density at radius 3 is 2.72 bits per heavy atom. The van der Waals surface area contributed by atoms with Gasteiger partial charge in [-0.3, -0.25) is 0 Å². The Morgan fingerprint density at radius 2 is 2.06 bits per heavy atom. The summed E-state index contributed by atoms with van der Waals surface area (Å²) in [6.07, 6.45) is 4.41. The number of hydrazone groups is 1. The van der Waals surface area contributed by atoms with Gasteiger partial charge in [0, 0.05) is 6.21 Å². The van der Waals surface area contributed by atoms with Crippen LogP contribution in [0.1, 0.15) is 5.56 Å². The van der Waals surface area contributed by atoms with Crippen LogP contribution in [0.25, 0.3) is 0 Å². The summed E-state index contributed by atoms with van der Waals surface area (Å²) in [5.74, 6) is -0.169. The molecule has 0 saturated heterocycles. The summed E-state index contributed by atoms with van der Waals surface area (Å²) < 4.78 is 25.2. The van der Waals surface area contributed by atoms with E-state index in [1.807, 2.05) is 12.1 Å². The fourth-order valence-electron chi connectivity index (χ4n) is 1.59. The van der Waals surface area contributed by atoms with Gasteiger partial charge in [-0.05, 0) is 17.7 Å². The minimum atomic E-state index is -3.64. The second kappa shape index (κ2) is 5.02. The Bertz CT molecular complexity index is 614. The van der Waals surface area contributed by atoms with Gasteiger partial charge in [-0.25, -0.2) is 8.42 Å². The second-order valence-corrected chi connectivity index (χ2v) is 5.56. The summed E-state index contributed by atoms with van der Waals surface area (Å²) in [6.45, 7) is 0. The molecular formula is C12H11N3O2S. The first kappa shape index (κ1) is 12.3. The van der Waals surface area contributed by atoms with Crippen molar-refractivity contribution in [2.45, 2.75) is 11.8 Å². The van der Waals surface area contributed by atoms with Gasteiger partial charge in [0.15, 0.2) is 6.04 Å². The van der Waals surface area contributed by atoms with E-state index in [0.29, 0.717) is 5.56 Å². The molecule has 1 aliphatic heterocycles. The average Bonchev–Trinajstić information content (AvgIpc) is 2.39. The van der Waals surface area contributed by atoms with Gasteiger partial charge in [-0.2, -0.15) is 14.8 Å². The molecule has 0 aromatic heterocycles. The second-order valence-electron chi connectivity index (χ2n) is 3.74. The number of rotatable bonds is 3. The molecular weight excluding hydrogens is 250 g/mol. The highest BCUT2D eigenvalue weighted by molar-refractivity contribution is 7.88. The topological polar surface area (TPSA) is 73.5 Å². The minimum absolute atomic E-state index is 0.169. The molecule has 1 aromatic rings. The zero-order valence-corrected chi connectivity index (χ0v) is 10.3. The molecule has 0 fully saturated rings. The van der Waals surface area contributed by atoms with Crippen LogP contribution in [0.3, 0.4) is 0 Å². The Morgan fingerprint density at radius 1 is 1.33 bits per heavy atom. The van der Waals surface area contributed by atoms with Gasteiger partial charge >= 0.3 is 0 Å². The van der Waals surface area contributed by atoms with E-state index in [1.165, 1.54) is 12.3 Å². The van der Waals surface area contributed by atoms with E-state index >= 15 is 0 Å². The van der Waals surface area contributed by atoms with Crippen molar-refractivity contribution in [3.8, 4) is 6.07 Å². The number of nitriles is 1. The normalized spacial score (nSPS) is 18.6. The summed E-state index contributed by atoms with van der Waals surface area (Å²) in [4.78, 5) is 0. The van der Waals surface area contributed by atoms with E-state index < -0.39 is 16.1 Å². The molecule has 18 heavy (non-hydrogen) atoms. The van der Waals surface area contributed by atoms with Crippen LogP contribution >= 0.6 is 0 Å². The fraction of sp³-hybridized carbons (Fsp3) is 0.167. The molecule has 0 radical (unpaired) electrons. The Balaban J connectivity index is 2.24. The van der Waals surface area contributed by atoms with Crippen LogP contribution in [0.5, 0.6) is 0 Å². The van der Waals surface area contributed by atoms with Crippen molar-refractivity contribution in [3.05, 3.63) is 48.0 Å². The molecule has 5 nitrogen and oxygen atoms in total. The molecule has 6 heteroatoms. The first-order valence-corrected chi connectivity index (χ1v) is 6.91. The average molecular weight is 261 g/mol. The van der Waals surface area contributed by atoms with Crippen LogP contribution in [0.4, 0.5) is 0 Å². The number of allylic oxidation sites excluding steroid dienone is 1. The van der Waals surface area contributed by atoms with Crippen molar-refractivity contribution >= 4 is 16.2 Å². The van der Waals surface area contributed by atoms with Gasteiger partial charge < -0.3 is 0 Å². The van der Waals surface area contributed by atoms with Crippen molar-refractivity contribution in [2.75, 3.05) is 0 Å².